The molecule has 0 saturated heterocycles. The van der Waals surface area contributed by atoms with Crippen molar-refractivity contribution < 1.29 is 32.5 Å². The molecule has 2 unspecified atom stereocenters. The van der Waals surface area contributed by atoms with E-state index in [-0.39, 0.29) is 32.7 Å². The van der Waals surface area contributed by atoms with Crippen molar-refractivity contribution in [3.63, 3.8) is 0 Å². The minimum Gasteiger partial charge on any atom is -0.465 e. The van der Waals surface area contributed by atoms with Gasteiger partial charge in [-0.1, -0.05) is 36.2 Å². The fourth-order valence-electron chi connectivity index (χ4n) is 3.60. The molecule has 0 radical (unpaired) electrons. The number of carbonyl (C=O) groups is 1. The fraction of sp³-hybridized carbons (Fsp3) is 0.250. The summed E-state index contributed by atoms with van der Waals surface area (Å²) in [5.74, 6) is -1.74. The van der Waals surface area contributed by atoms with E-state index in [4.69, 9.17) is 27.9 Å². The number of halogens is 5. The highest BCUT2D eigenvalue weighted by Gasteiger charge is 2.59. The first-order valence-corrected chi connectivity index (χ1v) is 10.9. The van der Waals surface area contributed by atoms with Crippen molar-refractivity contribution in [3.8, 4) is 11.5 Å². The molecule has 2 aromatic carbocycles. The second-order valence-electron chi connectivity index (χ2n) is 7.77. The minimum absolute atomic E-state index is 0.00627. The molecule has 6 nitrogen and oxygen atoms in total. The highest BCUT2D eigenvalue weighted by atomic mass is 35.5. The molecule has 0 aliphatic heterocycles. The number of rotatable bonds is 6. The van der Waals surface area contributed by atoms with Crippen molar-refractivity contribution in [3.05, 3.63) is 91.8 Å². The van der Waals surface area contributed by atoms with Crippen molar-refractivity contribution in [2.45, 2.75) is 24.6 Å². The Bertz CT molecular complexity index is 1330. The van der Waals surface area contributed by atoms with Crippen LogP contribution in [0, 0.1) is 0 Å². The lowest BCUT2D eigenvalue weighted by Gasteiger charge is -2.37. The lowest BCUT2D eigenvalue weighted by atomic mass is 9.78. The summed E-state index contributed by atoms with van der Waals surface area (Å²) in [6, 6.07) is 10.1. The van der Waals surface area contributed by atoms with Gasteiger partial charge < -0.3 is 19.1 Å². The lowest BCUT2D eigenvalue weighted by Crippen LogP contribution is -2.47. The van der Waals surface area contributed by atoms with Gasteiger partial charge in [-0.3, -0.25) is 4.79 Å². The molecule has 0 aliphatic carbocycles. The molecule has 186 valence electrons. The van der Waals surface area contributed by atoms with Gasteiger partial charge in [0.2, 0.25) is 5.56 Å². The van der Waals surface area contributed by atoms with Crippen LogP contribution in [-0.2, 0) is 17.4 Å². The molecule has 1 aromatic heterocycles. The number of hydrogen-bond donors (Lipinski definition) is 1. The van der Waals surface area contributed by atoms with E-state index in [1.54, 1.807) is 0 Å². The highest BCUT2D eigenvalue weighted by molar-refractivity contribution is 6.33. The molecule has 0 amide bonds. The molecule has 0 aliphatic rings. The molecule has 2 atom stereocenters. The van der Waals surface area contributed by atoms with Gasteiger partial charge in [0.1, 0.15) is 11.5 Å². The monoisotopic (exact) mass is 529 g/mol. The number of carbonyl (C=O) groups excluding carboxylic acids is 1. The van der Waals surface area contributed by atoms with Crippen molar-refractivity contribution >= 4 is 29.2 Å². The van der Waals surface area contributed by atoms with Gasteiger partial charge in [-0.05, 0) is 35.9 Å². The summed E-state index contributed by atoms with van der Waals surface area (Å²) in [6.45, 7) is 1.19. The number of benzene rings is 2. The first-order valence-electron chi connectivity index (χ1n) is 10.1. The number of nitrogens with zero attached hydrogens (tertiary/aromatic N) is 1. The number of ether oxygens (including phenoxy) is 2. The quantitative estimate of drug-likeness (QED) is 0.407. The number of aryl methyl sites for hydroxylation is 1. The average molecular weight is 530 g/mol. The maximum atomic E-state index is 14.2. The Morgan fingerprint density at radius 1 is 1.03 bits per heavy atom. The summed E-state index contributed by atoms with van der Waals surface area (Å²) in [5.41, 5.74) is -4.22. The maximum Gasteiger partial charge on any atom is 0.422 e. The van der Waals surface area contributed by atoms with Crippen molar-refractivity contribution in [2.75, 3.05) is 7.11 Å². The standard InChI is InChI=1S/C24H20Cl2F3NO5/c1-13(23(33,24(27,28)29)14-4-9-21(31)30(2)12-14)17-7-5-15(10-19(17)25)35-16-6-8-18(20(26)11-16)22(32)34-3/h4-13,33H,1-3H3. The SMILES string of the molecule is COC(=O)c1ccc(Oc2ccc(C(C)C(O)(c3ccc(=O)n(C)c3)C(F)(F)F)c(Cl)c2)cc1Cl. The van der Waals surface area contributed by atoms with Crippen molar-refractivity contribution in [1.82, 2.24) is 4.57 Å². The first kappa shape index (κ1) is 26.6. The molecule has 0 fully saturated rings. The zero-order chi connectivity index (χ0) is 26.1. The largest absolute Gasteiger partial charge is 0.465 e. The summed E-state index contributed by atoms with van der Waals surface area (Å²) in [4.78, 5) is 23.3. The van der Waals surface area contributed by atoms with Crippen molar-refractivity contribution in [1.29, 1.82) is 0 Å². The molecular weight excluding hydrogens is 510 g/mol. The van der Waals surface area contributed by atoms with Crippen molar-refractivity contribution in [2.24, 2.45) is 7.05 Å². The summed E-state index contributed by atoms with van der Waals surface area (Å²) in [7, 11) is 2.50. The van der Waals surface area contributed by atoms with Crippen LogP contribution in [0.25, 0.3) is 0 Å². The molecule has 0 spiro atoms. The number of methoxy groups -OCH3 is 1. The van der Waals surface area contributed by atoms with Gasteiger partial charge in [-0.25, -0.2) is 4.79 Å². The van der Waals surface area contributed by atoms with E-state index in [1.165, 1.54) is 57.5 Å². The van der Waals surface area contributed by atoms with Gasteiger partial charge in [-0.15, -0.1) is 0 Å². The van der Waals surface area contributed by atoms with E-state index in [9.17, 15) is 27.9 Å². The highest BCUT2D eigenvalue weighted by Crippen LogP contribution is 2.50. The second kappa shape index (κ2) is 9.93. The number of alkyl halides is 3. The Balaban J connectivity index is 1.95. The normalized spacial score (nSPS) is 14.2. The van der Waals surface area contributed by atoms with Crippen LogP contribution in [0.2, 0.25) is 10.0 Å². The number of aromatic nitrogens is 1. The molecule has 11 heteroatoms. The Kier molecular flexibility index (Phi) is 7.54. The Morgan fingerprint density at radius 3 is 2.14 bits per heavy atom. The molecule has 35 heavy (non-hydrogen) atoms. The summed E-state index contributed by atoms with van der Waals surface area (Å²) < 4.78 is 53.7. The molecule has 1 heterocycles. The first-order chi connectivity index (χ1) is 16.3. The van der Waals surface area contributed by atoms with Gasteiger partial charge in [0.25, 0.3) is 0 Å². The van der Waals surface area contributed by atoms with Crippen LogP contribution < -0.4 is 10.3 Å². The third kappa shape index (κ3) is 5.17. The van der Waals surface area contributed by atoms with E-state index >= 15 is 0 Å². The van der Waals surface area contributed by atoms with Crippen LogP contribution in [-0.4, -0.2) is 28.9 Å². The van der Waals surface area contributed by atoms with Crippen LogP contribution in [0.1, 0.15) is 34.3 Å². The van der Waals surface area contributed by atoms with E-state index in [0.29, 0.717) is 0 Å². The molecular formula is C24H20Cl2F3NO5. The van der Waals surface area contributed by atoms with E-state index in [0.717, 1.165) is 22.9 Å². The topological polar surface area (TPSA) is 77.8 Å². The number of aliphatic hydroxyl groups is 1. The smallest absolute Gasteiger partial charge is 0.422 e. The van der Waals surface area contributed by atoms with Gasteiger partial charge in [0.15, 0.2) is 5.60 Å². The molecule has 0 bridgehead atoms. The van der Waals surface area contributed by atoms with E-state index in [1.807, 2.05) is 0 Å². The Labute approximate surface area is 208 Å². The number of hydrogen-bond acceptors (Lipinski definition) is 5. The summed E-state index contributed by atoms with van der Waals surface area (Å²) >= 11 is 12.4. The number of esters is 1. The zero-order valence-electron chi connectivity index (χ0n) is 18.7. The maximum absolute atomic E-state index is 14.2. The van der Waals surface area contributed by atoms with Crippen LogP contribution in [0.4, 0.5) is 13.2 Å². The fourth-order valence-corrected chi connectivity index (χ4v) is 4.18. The Hall–Kier alpha value is -3.01. The van der Waals surface area contributed by atoms with Crippen LogP contribution in [0.5, 0.6) is 11.5 Å². The molecule has 1 N–H and O–H groups in total. The molecule has 3 aromatic rings. The van der Waals surface area contributed by atoms with E-state index in [2.05, 4.69) is 4.74 Å². The number of pyridine rings is 1. The van der Waals surface area contributed by atoms with Gasteiger partial charge in [0, 0.05) is 41.9 Å². The third-order valence-electron chi connectivity index (χ3n) is 5.60. The van der Waals surface area contributed by atoms with Gasteiger partial charge in [0.05, 0.1) is 17.7 Å². The van der Waals surface area contributed by atoms with E-state index < -0.39 is 34.8 Å². The van der Waals surface area contributed by atoms with Crippen LogP contribution in [0.15, 0.2) is 59.5 Å². The van der Waals surface area contributed by atoms with Gasteiger partial charge in [-0.2, -0.15) is 13.2 Å². The predicted molar refractivity (Wildman–Crippen MR) is 124 cm³/mol. The average Bonchev–Trinajstić information content (AvgIpc) is 2.79. The minimum atomic E-state index is -5.08. The summed E-state index contributed by atoms with van der Waals surface area (Å²) in [6.07, 6.45) is -4.14. The second-order valence-corrected chi connectivity index (χ2v) is 8.59. The third-order valence-corrected chi connectivity index (χ3v) is 6.24. The van der Waals surface area contributed by atoms with Crippen LogP contribution >= 0.6 is 23.2 Å². The predicted octanol–water partition coefficient (Wildman–Crippen LogP) is 5.82. The zero-order valence-corrected chi connectivity index (χ0v) is 20.2. The Morgan fingerprint density at radius 2 is 1.63 bits per heavy atom. The lowest BCUT2D eigenvalue weighted by molar-refractivity contribution is -0.274. The molecule has 0 saturated carbocycles. The van der Waals surface area contributed by atoms with Crippen LogP contribution in [0.3, 0.4) is 0 Å². The van der Waals surface area contributed by atoms with Gasteiger partial charge >= 0.3 is 12.1 Å². The molecule has 3 rings (SSSR count). The summed E-state index contributed by atoms with van der Waals surface area (Å²) in [5, 5.41) is 10.9.